The number of aryl methyl sites for hydroxylation is 1. The average Bonchev–Trinajstić information content (AvgIpc) is 3.01. The average molecular weight is 439 g/mol. The molecule has 10 heteroatoms. The van der Waals surface area contributed by atoms with Crippen LogP contribution >= 0.6 is 0 Å². The van der Waals surface area contributed by atoms with Crippen molar-refractivity contribution in [2.45, 2.75) is 37.0 Å². The molecule has 0 bridgehead atoms. The molecule has 6 nitrogen and oxygen atoms in total. The zero-order valence-electron chi connectivity index (χ0n) is 16.4. The van der Waals surface area contributed by atoms with Gasteiger partial charge in [0.05, 0.1) is 16.2 Å². The number of hydrogen-bond donors (Lipinski definition) is 1. The molecule has 0 saturated heterocycles. The number of carbonyl (C=O) groups excluding carboxylic acids is 1. The Balaban J connectivity index is 1.84. The Kier molecular flexibility index (Phi) is 5.45. The van der Waals surface area contributed by atoms with E-state index in [1.54, 1.807) is 6.07 Å². The van der Waals surface area contributed by atoms with E-state index in [9.17, 15) is 26.4 Å². The highest BCUT2D eigenvalue weighted by Gasteiger charge is 2.56. The van der Waals surface area contributed by atoms with Gasteiger partial charge in [0.1, 0.15) is 17.6 Å². The van der Waals surface area contributed by atoms with Crippen molar-refractivity contribution in [2.24, 2.45) is 12.5 Å². The topological polar surface area (TPSA) is 92.0 Å². The van der Waals surface area contributed by atoms with Crippen LogP contribution in [0.25, 0.3) is 0 Å². The number of benzene rings is 1. The fourth-order valence-corrected chi connectivity index (χ4v) is 5.62. The van der Waals surface area contributed by atoms with E-state index in [4.69, 9.17) is 5.26 Å². The van der Waals surface area contributed by atoms with Crippen molar-refractivity contribution in [1.82, 2.24) is 4.57 Å². The zero-order chi connectivity index (χ0) is 22.3. The second-order valence-electron chi connectivity index (χ2n) is 7.71. The number of nitrogens with zero attached hydrogens (tertiary/aromatic N) is 2. The SMILES string of the molecule is Cn1cc(S(=O)(=O)CC2(C(C)(F)F)CCC2)cc1C(=O)Nc1ccc(F)c(C#N)c1. The van der Waals surface area contributed by atoms with Crippen LogP contribution in [-0.2, 0) is 16.9 Å². The summed E-state index contributed by atoms with van der Waals surface area (Å²) in [7, 11) is -2.61. The first kappa shape index (κ1) is 21.9. The minimum atomic E-state index is -4.06. The highest BCUT2D eigenvalue weighted by Crippen LogP contribution is 2.53. The van der Waals surface area contributed by atoms with Crippen molar-refractivity contribution < 1.29 is 26.4 Å². The van der Waals surface area contributed by atoms with Crippen LogP contribution < -0.4 is 5.32 Å². The highest BCUT2D eigenvalue weighted by atomic mass is 32.2. The summed E-state index contributed by atoms with van der Waals surface area (Å²) in [4.78, 5) is 12.3. The maximum atomic E-state index is 14.0. The molecule has 1 amide bonds. The van der Waals surface area contributed by atoms with Gasteiger partial charge in [-0.25, -0.2) is 21.6 Å². The Labute approximate surface area is 172 Å². The fraction of sp³-hybridized carbons (Fsp3) is 0.400. The number of hydrogen-bond acceptors (Lipinski definition) is 4. The molecule has 1 aliphatic carbocycles. The van der Waals surface area contributed by atoms with Crippen molar-refractivity contribution >= 4 is 21.4 Å². The molecule has 1 fully saturated rings. The van der Waals surface area contributed by atoms with Crippen molar-refractivity contribution in [3.63, 3.8) is 0 Å². The monoisotopic (exact) mass is 439 g/mol. The van der Waals surface area contributed by atoms with E-state index in [0.29, 0.717) is 6.42 Å². The third kappa shape index (κ3) is 3.94. The zero-order valence-corrected chi connectivity index (χ0v) is 17.2. The minimum absolute atomic E-state index is 0.0256. The van der Waals surface area contributed by atoms with Crippen molar-refractivity contribution in [1.29, 1.82) is 5.26 Å². The summed E-state index contributed by atoms with van der Waals surface area (Å²) >= 11 is 0. The second kappa shape index (κ2) is 7.47. The molecule has 1 heterocycles. The molecule has 1 aliphatic rings. The fourth-order valence-electron chi connectivity index (χ4n) is 3.57. The molecule has 30 heavy (non-hydrogen) atoms. The third-order valence-corrected chi connectivity index (χ3v) is 7.50. The summed E-state index contributed by atoms with van der Waals surface area (Å²) in [6, 6.07) is 6.22. The Morgan fingerprint density at radius 2 is 2.00 bits per heavy atom. The van der Waals surface area contributed by atoms with Gasteiger partial charge in [-0.1, -0.05) is 6.42 Å². The predicted molar refractivity (Wildman–Crippen MR) is 103 cm³/mol. The van der Waals surface area contributed by atoms with Gasteiger partial charge < -0.3 is 9.88 Å². The number of amides is 1. The molecule has 1 saturated carbocycles. The Hall–Kier alpha value is -2.80. The van der Waals surface area contributed by atoms with E-state index >= 15 is 0 Å². The van der Waals surface area contributed by atoms with Crippen LogP contribution in [0, 0.1) is 22.6 Å². The lowest BCUT2D eigenvalue weighted by atomic mass is 9.66. The molecule has 0 unspecified atom stereocenters. The summed E-state index contributed by atoms with van der Waals surface area (Å²) < 4.78 is 68.4. The van der Waals surface area contributed by atoms with Crippen molar-refractivity contribution in [2.75, 3.05) is 11.1 Å². The number of carbonyl (C=O) groups is 1. The number of anilines is 1. The first-order chi connectivity index (χ1) is 13.9. The minimum Gasteiger partial charge on any atom is -0.345 e. The van der Waals surface area contributed by atoms with E-state index < -0.39 is 38.7 Å². The summed E-state index contributed by atoms with van der Waals surface area (Å²) in [5, 5.41) is 11.3. The van der Waals surface area contributed by atoms with Crippen LogP contribution in [0.4, 0.5) is 18.9 Å². The summed E-state index contributed by atoms with van der Waals surface area (Å²) in [6.07, 6.45) is 2.00. The molecule has 0 aliphatic heterocycles. The van der Waals surface area contributed by atoms with Crippen LogP contribution in [-0.4, -0.2) is 30.6 Å². The first-order valence-electron chi connectivity index (χ1n) is 9.16. The van der Waals surface area contributed by atoms with Gasteiger partial charge in [0.25, 0.3) is 11.8 Å². The molecule has 3 rings (SSSR count). The van der Waals surface area contributed by atoms with E-state index in [0.717, 1.165) is 25.1 Å². The molecular formula is C20H20F3N3O3S. The van der Waals surface area contributed by atoms with E-state index in [2.05, 4.69) is 5.32 Å². The van der Waals surface area contributed by atoms with Gasteiger partial charge in [-0.2, -0.15) is 5.26 Å². The smallest absolute Gasteiger partial charge is 0.272 e. The number of rotatable bonds is 6. The van der Waals surface area contributed by atoms with Gasteiger partial charge in [-0.15, -0.1) is 0 Å². The number of alkyl halides is 2. The van der Waals surface area contributed by atoms with Crippen LogP contribution in [0.2, 0.25) is 0 Å². The maximum absolute atomic E-state index is 14.0. The van der Waals surface area contributed by atoms with Gasteiger partial charge in [0.15, 0.2) is 9.84 Å². The number of aromatic nitrogens is 1. The molecule has 2 aromatic rings. The van der Waals surface area contributed by atoms with Crippen LogP contribution in [0.15, 0.2) is 35.4 Å². The van der Waals surface area contributed by atoms with E-state index in [1.807, 2.05) is 0 Å². The maximum Gasteiger partial charge on any atom is 0.272 e. The standard InChI is InChI=1S/C20H20F3N3O3S/c1-19(22,23)20(6-3-7-20)12-30(28,29)15-9-17(26(2)11-15)18(27)25-14-4-5-16(21)13(8-14)10-24/h4-5,8-9,11H,3,6-7,12H2,1-2H3,(H,25,27). The van der Waals surface area contributed by atoms with Crippen molar-refractivity contribution in [3.05, 3.63) is 47.5 Å². The lowest BCUT2D eigenvalue weighted by Crippen LogP contribution is -2.49. The van der Waals surface area contributed by atoms with Gasteiger partial charge >= 0.3 is 0 Å². The Bertz CT molecular complexity index is 1140. The van der Waals surface area contributed by atoms with Gasteiger partial charge in [0.2, 0.25) is 0 Å². The quantitative estimate of drug-likeness (QED) is 0.739. The van der Waals surface area contributed by atoms with Crippen molar-refractivity contribution in [3.8, 4) is 6.07 Å². The molecule has 0 radical (unpaired) electrons. The molecule has 0 spiro atoms. The second-order valence-corrected chi connectivity index (χ2v) is 9.70. The van der Waals surface area contributed by atoms with Crippen LogP contribution in [0.3, 0.4) is 0 Å². The summed E-state index contributed by atoms with van der Waals surface area (Å²) in [6.45, 7) is 0.740. The van der Waals surface area contributed by atoms with E-state index in [-0.39, 0.29) is 34.7 Å². The van der Waals surface area contributed by atoms with Crippen LogP contribution in [0.5, 0.6) is 0 Å². The number of halogens is 3. The first-order valence-corrected chi connectivity index (χ1v) is 10.8. The summed E-state index contributed by atoms with van der Waals surface area (Å²) in [5.74, 6) is -5.25. The number of nitrogens with one attached hydrogen (secondary N) is 1. The largest absolute Gasteiger partial charge is 0.345 e. The molecule has 1 N–H and O–H groups in total. The Morgan fingerprint density at radius 1 is 1.33 bits per heavy atom. The predicted octanol–water partition coefficient (Wildman–Crippen LogP) is 3.89. The number of sulfone groups is 1. The molecule has 0 atom stereocenters. The van der Waals surface area contributed by atoms with Crippen LogP contribution in [0.1, 0.15) is 42.2 Å². The van der Waals surface area contributed by atoms with E-state index in [1.165, 1.54) is 23.9 Å². The number of nitriles is 1. The highest BCUT2D eigenvalue weighted by molar-refractivity contribution is 7.91. The van der Waals surface area contributed by atoms with Gasteiger partial charge in [0, 0.05) is 24.3 Å². The Morgan fingerprint density at radius 3 is 2.53 bits per heavy atom. The molecular weight excluding hydrogens is 419 g/mol. The normalized spacial score (nSPS) is 15.9. The van der Waals surface area contributed by atoms with Gasteiger partial charge in [-0.3, -0.25) is 4.79 Å². The van der Waals surface area contributed by atoms with Gasteiger partial charge in [-0.05, 0) is 44.0 Å². The lowest BCUT2D eigenvalue weighted by Gasteiger charge is -2.45. The molecule has 160 valence electrons. The lowest BCUT2D eigenvalue weighted by molar-refractivity contribution is -0.134. The summed E-state index contributed by atoms with van der Waals surface area (Å²) in [5.41, 5.74) is -1.72. The molecule has 1 aromatic heterocycles. The third-order valence-electron chi connectivity index (χ3n) is 5.62. The molecule has 1 aromatic carbocycles.